The minimum atomic E-state index is -0.553. The topological polar surface area (TPSA) is 81.8 Å². The number of fused-ring (bicyclic) bond motifs is 2. The summed E-state index contributed by atoms with van der Waals surface area (Å²) in [5.74, 6) is 0.0218. The Labute approximate surface area is 177 Å². The lowest BCUT2D eigenvalue weighted by Gasteiger charge is -2.41. The van der Waals surface area contributed by atoms with Crippen LogP contribution in [-0.4, -0.2) is 59.2 Å². The van der Waals surface area contributed by atoms with Crippen LogP contribution in [0.1, 0.15) is 60.0 Å². The van der Waals surface area contributed by atoms with Gasteiger partial charge in [0.25, 0.3) is 5.91 Å². The summed E-state index contributed by atoms with van der Waals surface area (Å²) in [5.41, 5.74) is 2.97. The van der Waals surface area contributed by atoms with Gasteiger partial charge in [0.05, 0.1) is 0 Å². The molecule has 3 fully saturated rings. The highest BCUT2D eigenvalue weighted by Gasteiger charge is 2.40. The number of benzene rings is 1. The summed E-state index contributed by atoms with van der Waals surface area (Å²) in [6.45, 7) is 4.64. The van der Waals surface area contributed by atoms with Crippen LogP contribution in [0.15, 0.2) is 18.2 Å². The fourth-order valence-electron chi connectivity index (χ4n) is 5.81. The molecule has 0 aliphatic carbocycles. The first-order valence-corrected chi connectivity index (χ1v) is 11.3. The summed E-state index contributed by atoms with van der Waals surface area (Å²) >= 11 is 0. The van der Waals surface area contributed by atoms with Gasteiger partial charge in [0.15, 0.2) is 0 Å². The van der Waals surface area contributed by atoms with Crippen molar-refractivity contribution in [3.63, 3.8) is 0 Å². The third-order valence-corrected chi connectivity index (χ3v) is 7.35. The van der Waals surface area contributed by atoms with E-state index in [4.69, 9.17) is 0 Å². The van der Waals surface area contributed by atoms with Crippen molar-refractivity contribution in [1.29, 1.82) is 0 Å². The summed E-state index contributed by atoms with van der Waals surface area (Å²) in [7, 11) is 0. The van der Waals surface area contributed by atoms with Gasteiger partial charge >= 0.3 is 0 Å². The number of hydrogen-bond acceptors (Lipinski definition) is 5. The number of imide groups is 1. The highest BCUT2D eigenvalue weighted by atomic mass is 16.2. The number of likely N-dealkylation sites (tertiary alicyclic amines) is 1. The molecule has 4 aliphatic rings. The van der Waals surface area contributed by atoms with E-state index >= 15 is 0 Å². The van der Waals surface area contributed by atoms with Gasteiger partial charge in [-0.25, -0.2) is 0 Å². The van der Waals surface area contributed by atoms with Crippen molar-refractivity contribution in [2.24, 2.45) is 5.92 Å². The lowest BCUT2D eigenvalue weighted by molar-refractivity contribution is -0.136. The maximum atomic E-state index is 13.1. The minimum Gasteiger partial charge on any atom is -0.322 e. The average molecular weight is 411 g/mol. The van der Waals surface area contributed by atoms with Crippen LogP contribution < -0.4 is 10.6 Å². The molecule has 3 unspecified atom stereocenters. The molecule has 1 aromatic carbocycles. The maximum absolute atomic E-state index is 13.1. The van der Waals surface area contributed by atoms with Crippen molar-refractivity contribution >= 4 is 17.7 Å². The van der Waals surface area contributed by atoms with Crippen LogP contribution in [-0.2, 0) is 22.7 Å². The molecule has 4 aliphatic heterocycles. The SMILES string of the molecule is O=C1CCC(N2Cc3c(CN4CCCC5CNCCCC54)cccc3C2=O)C(=O)N1. The number of carbonyl (C=O) groups is 3. The van der Waals surface area contributed by atoms with E-state index in [1.165, 1.54) is 31.2 Å². The summed E-state index contributed by atoms with van der Waals surface area (Å²) in [6, 6.07) is 6.03. The predicted molar refractivity (Wildman–Crippen MR) is 112 cm³/mol. The third kappa shape index (κ3) is 3.54. The summed E-state index contributed by atoms with van der Waals surface area (Å²) in [5, 5.41) is 5.97. The molecule has 0 radical (unpaired) electrons. The Hall–Kier alpha value is -2.25. The zero-order valence-corrected chi connectivity index (χ0v) is 17.4. The van der Waals surface area contributed by atoms with Crippen molar-refractivity contribution in [3.8, 4) is 0 Å². The van der Waals surface area contributed by atoms with Gasteiger partial charge in [0.1, 0.15) is 6.04 Å². The second-order valence-corrected chi connectivity index (χ2v) is 9.13. The van der Waals surface area contributed by atoms with Crippen LogP contribution in [0.25, 0.3) is 0 Å². The second-order valence-electron chi connectivity index (χ2n) is 9.13. The number of nitrogens with zero attached hydrogens (tertiary/aromatic N) is 2. The largest absolute Gasteiger partial charge is 0.322 e. The molecule has 7 nitrogen and oxygen atoms in total. The molecule has 7 heteroatoms. The number of rotatable bonds is 3. The molecule has 2 N–H and O–H groups in total. The van der Waals surface area contributed by atoms with Gasteiger partial charge in [0.2, 0.25) is 11.8 Å². The maximum Gasteiger partial charge on any atom is 0.255 e. The second kappa shape index (κ2) is 8.12. The zero-order valence-electron chi connectivity index (χ0n) is 17.4. The molecule has 3 saturated heterocycles. The van der Waals surface area contributed by atoms with Gasteiger partial charge in [-0.05, 0) is 74.8 Å². The van der Waals surface area contributed by atoms with Gasteiger partial charge in [-0.1, -0.05) is 12.1 Å². The molecular weight excluding hydrogens is 380 g/mol. The molecule has 0 spiro atoms. The Balaban J connectivity index is 1.36. The number of piperidine rings is 2. The quantitative estimate of drug-likeness (QED) is 0.737. The zero-order chi connectivity index (χ0) is 20.7. The Kier molecular flexibility index (Phi) is 5.33. The summed E-state index contributed by atoms with van der Waals surface area (Å²) < 4.78 is 0. The number of amides is 3. The van der Waals surface area contributed by atoms with Crippen molar-refractivity contribution < 1.29 is 14.4 Å². The first-order valence-electron chi connectivity index (χ1n) is 11.3. The van der Waals surface area contributed by atoms with E-state index in [0.717, 1.165) is 31.7 Å². The first kappa shape index (κ1) is 19.7. The third-order valence-electron chi connectivity index (χ3n) is 7.35. The van der Waals surface area contributed by atoms with E-state index in [1.807, 2.05) is 12.1 Å². The van der Waals surface area contributed by atoms with Crippen LogP contribution in [0.3, 0.4) is 0 Å². The van der Waals surface area contributed by atoms with E-state index in [0.29, 0.717) is 30.5 Å². The molecule has 30 heavy (non-hydrogen) atoms. The van der Waals surface area contributed by atoms with E-state index < -0.39 is 6.04 Å². The molecule has 5 rings (SSSR count). The number of nitrogens with one attached hydrogen (secondary N) is 2. The van der Waals surface area contributed by atoms with Crippen LogP contribution >= 0.6 is 0 Å². The fraction of sp³-hybridized carbons (Fsp3) is 0.609. The van der Waals surface area contributed by atoms with Crippen LogP contribution in [0.2, 0.25) is 0 Å². The Bertz CT molecular complexity index is 870. The fourth-order valence-corrected chi connectivity index (χ4v) is 5.81. The minimum absolute atomic E-state index is 0.0865. The predicted octanol–water partition coefficient (Wildman–Crippen LogP) is 1.41. The molecular formula is C23H30N4O3. The highest BCUT2D eigenvalue weighted by Crippen LogP contribution is 2.33. The molecule has 0 saturated carbocycles. The highest BCUT2D eigenvalue weighted by molar-refractivity contribution is 6.05. The number of hydrogen-bond donors (Lipinski definition) is 2. The first-order chi connectivity index (χ1) is 14.6. The van der Waals surface area contributed by atoms with Crippen molar-refractivity contribution in [3.05, 3.63) is 34.9 Å². The van der Waals surface area contributed by atoms with Crippen molar-refractivity contribution in [1.82, 2.24) is 20.4 Å². The average Bonchev–Trinajstić information content (AvgIpc) is 2.91. The molecule has 1 aromatic rings. The van der Waals surface area contributed by atoms with E-state index in [2.05, 4.69) is 21.6 Å². The summed E-state index contributed by atoms with van der Waals surface area (Å²) in [4.78, 5) is 41.2. The molecule has 0 aromatic heterocycles. The standard InChI is InChI=1S/C23H30N4O3/c28-21-9-8-20(22(29)25-21)27-14-18-16(4-1-6-17(18)23(27)30)13-26-11-3-5-15-12-24-10-2-7-19(15)26/h1,4,6,15,19-20,24H,2-3,5,7-14H2,(H,25,28,29). The van der Waals surface area contributed by atoms with E-state index in [-0.39, 0.29) is 24.1 Å². The van der Waals surface area contributed by atoms with E-state index in [1.54, 1.807) is 4.90 Å². The molecule has 0 bridgehead atoms. The smallest absolute Gasteiger partial charge is 0.255 e. The van der Waals surface area contributed by atoms with Gasteiger partial charge in [-0.2, -0.15) is 0 Å². The summed E-state index contributed by atoms with van der Waals surface area (Å²) in [6.07, 6.45) is 5.65. The Morgan fingerprint density at radius 1 is 1.07 bits per heavy atom. The Morgan fingerprint density at radius 2 is 1.97 bits per heavy atom. The van der Waals surface area contributed by atoms with Crippen molar-refractivity contribution in [2.45, 2.75) is 63.7 Å². The van der Waals surface area contributed by atoms with Gasteiger partial charge in [0, 0.05) is 31.1 Å². The normalized spacial score (nSPS) is 29.9. The lowest BCUT2D eigenvalue weighted by Crippen LogP contribution is -2.52. The Morgan fingerprint density at radius 3 is 2.83 bits per heavy atom. The van der Waals surface area contributed by atoms with Gasteiger partial charge < -0.3 is 10.2 Å². The lowest BCUT2D eigenvalue weighted by atomic mass is 9.86. The molecule has 3 atom stereocenters. The van der Waals surface area contributed by atoms with E-state index in [9.17, 15) is 14.4 Å². The van der Waals surface area contributed by atoms with Crippen LogP contribution in [0.4, 0.5) is 0 Å². The van der Waals surface area contributed by atoms with Gasteiger partial charge in [-0.3, -0.25) is 24.6 Å². The van der Waals surface area contributed by atoms with Crippen LogP contribution in [0.5, 0.6) is 0 Å². The monoisotopic (exact) mass is 410 g/mol. The molecule has 3 amide bonds. The number of carbonyl (C=O) groups excluding carboxylic acids is 3. The van der Waals surface area contributed by atoms with Crippen LogP contribution in [0, 0.1) is 5.92 Å². The van der Waals surface area contributed by atoms with Crippen molar-refractivity contribution in [2.75, 3.05) is 19.6 Å². The molecule has 4 heterocycles. The molecule has 160 valence electrons. The van der Waals surface area contributed by atoms with Gasteiger partial charge in [-0.15, -0.1) is 0 Å².